The molecule has 90 valence electrons. The Labute approximate surface area is 121 Å². The van der Waals surface area contributed by atoms with Gasteiger partial charge in [0.2, 0.25) is 0 Å². The minimum atomic E-state index is 0. The summed E-state index contributed by atoms with van der Waals surface area (Å²) in [6, 6.07) is 10.0. The molecule has 0 atom stereocenters. The summed E-state index contributed by atoms with van der Waals surface area (Å²) in [5.41, 5.74) is 12.6. The van der Waals surface area contributed by atoms with Gasteiger partial charge in [-0.3, -0.25) is 0 Å². The molecule has 0 unspecified atom stereocenters. The maximum absolute atomic E-state index is 5.26. The fourth-order valence-corrected chi connectivity index (χ4v) is 2.01. The summed E-state index contributed by atoms with van der Waals surface area (Å²) in [7, 11) is 0. The highest BCUT2D eigenvalue weighted by atomic mass is 127. The number of guanidine groups is 1. The third-order valence-corrected chi connectivity index (χ3v) is 2.85. The van der Waals surface area contributed by atoms with Gasteiger partial charge in [-0.25, -0.2) is 9.98 Å². The molecule has 0 amide bonds. The van der Waals surface area contributed by atoms with Gasteiger partial charge in [-0.05, 0) is 0 Å². The van der Waals surface area contributed by atoms with Crippen molar-refractivity contribution >= 4 is 41.3 Å². The molecule has 1 aromatic heterocycles. The van der Waals surface area contributed by atoms with E-state index in [1.54, 1.807) is 11.3 Å². The fraction of sp³-hybridized carbons (Fsp3) is 0.0909. The Balaban J connectivity index is 0.00000144. The van der Waals surface area contributed by atoms with Gasteiger partial charge in [-0.2, -0.15) is 0 Å². The van der Waals surface area contributed by atoms with Gasteiger partial charge < -0.3 is 11.5 Å². The first-order valence-corrected chi connectivity index (χ1v) is 5.69. The Morgan fingerprint density at radius 1 is 1.24 bits per heavy atom. The van der Waals surface area contributed by atoms with Crippen molar-refractivity contribution in [1.29, 1.82) is 0 Å². The normalized spacial score (nSPS) is 9.41. The van der Waals surface area contributed by atoms with E-state index >= 15 is 0 Å². The van der Waals surface area contributed by atoms with Crippen molar-refractivity contribution in [2.24, 2.45) is 16.5 Å². The number of hydrogen-bond donors (Lipinski definition) is 2. The van der Waals surface area contributed by atoms with Crippen molar-refractivity contribution in [3.63, 3.8) is 0 Å². The van der Waals surface area contributed by atoms with E-state index in [-0.39, 0.29) is 29.9 Å². The molecule has 0 fully saturated rings. The quantitative estimate of drug-likeness (QED) is 0.501. The molecule has 1 aromatic carbocycles. The van der Waals surface area contributed by atoms with E-state index in [4.69, 9.17) is 11.5 Å². The summed E-state index contributed by atoms with van der Waals surface area (Å²) in [6.45, 7) is 0.444. The van der Waals surface area contributed by atoms with E-state index in [9.17, 15) is 0 Å². The first kappa shape index (κ1) is 13.9. The van der Waals surface area contributed by atoms with E-state index in [0.29, 0.717) is 6.54 Å². The molecule has 0 saturated carbocycles. The van der Waals surface area contributed by atoms with Gasteiger partial charge in [0.15, 0.2) is 5.96 Å². The number of aliphatic imine (C=N–C) groups is 1. The number of nitrogens with zero attached hydrogens (tertiary/aromatic N) is 2. The number of rotatable bonds is 3. The van der Waals surface area contributed by atoms with Crippen LogP contribution in [-0.2, 0) is 6.54 Å². The topological polar surface area (TPSA) is 77.3 Å². The molecule has 0 bridgehead atoms. The van der Waals surface area contributed by atoms with Crippen molar-refractivity contribution in [3.8, 4) is 11.3 Å². The number of thiazole rings is 1. The van der Waals surface area contributed by atoms with Gasteiger partial charge in [-0.1, -0.05) is 30.3 Å². The lowest BCUT2D eigenvalue weighted by Crippen LogP contribution is -2.22. The molecule has 17 heavy (non-hydrogen) atoms. The van der Waals surface area contributed by atoms with E-state index < -0.39 is 0 Å². The molecule has 4 N–H and O–H groups in total. The van der Waals surface area contributed by atoms with E-state index in [2.05, 4.69) is 9.98 Å². The third-order valence-electron chi connectivity index (χ3n) is 2.02. The number of halogens is 1. The minimum Gasteiger partial charge on any atom is -0.370 e. The summed E-state index contributed by atoms with van der Waals surface area (Å²) in [5.74, 6) is 0.0939. The number of nitrogens with two attached hydrogens (primary N) is 2. The van der Waals surface area contributed by atoms with Crippen LogP contribution in [0.15, 0.2) is 40.7 Å². The molecule has 2 aromatic rings. The van der Waals surface area contributed by atoms with Crippen LogP contribution in [0.3, 0.4) is 0 Å². The van der Waals surface area contributed by atoms with Crippen molar-refractivity contribution in [3.05, 3.63) is 40.7 Å². The predicted octanol–water partition coefficient (Wildman–Crippen LogP) is 2.20. The van der Waals surface area contributed by atoms with Crippen LogP contribution < -0.4 is 11.5 Å². The SMILES string of the molecule is I.NC(N)=NCc1nc(-c2ccccc2)cs1. The molecule has 0 aliphatic carbocycles. The van der Waals surface area contributed by atoms with Gasteiger partial charge in [0.1, 0.15) is 5.01 Å². The van der Waals surface area contributed by atoms with Gasteiger partial charge in [0.05, 0.1) is 12.2 Å². The van der Waals surface area contributed by atoms with Gasteiger partial charge in [0, 0.05) is 10.9 Å². The number of aromatic nitrogens is 1. The first-order valence-electron chi connectivity index (χ1n) is 4.81. The van der Waals surface area contributed by atoms with Gasteiger partial charge in [-0.15, -0.1) is 35.3 Å². The molecule has 2 rings (SSSR count). The molecular weight excluding hydrogens is 347 g/mol. The second kappa shape index (κ2) is 6.55. The Morgan fingerprint density at radius 2 is 1.94 bits per heavy atom. The van der Waals surface area contributed by atoms with Crippen molar-refractivity contribution in [2.75, 3.05) is 0 Å². The van der Waals surface area contributed by atoms with E-state index in [1.807, 2.05) is 35.7 Å². The highest BCUT2D eigenvalue weighted by Gasteiger charge is 2.03. The molecule has 0 spiro atoms. The molecule has 1 heterocycles. The molecule has 0 radical (unpaired) electrons. The zero-order valence-corrected chi connectivity index (χ0v) is 12.2. The zero-order chi connectivity index (χ0) is 11.4. The van der Waals surface area contributed by atoms with Crippen LogP contribution in [0.25, 0.3) is 11.3 Å². The highest BCUT2D eigenvalue weighted by Crippen LogP contribution is 2.21. The van der Waals surface area contributed by atoms with Crippen LogP contribution in [-0.4, -0.2) is 10.9 Å². The number of benzene rings is 1. The van der Waals surface area contributed by atoms with Crippen LogP contribution in [0.5, 0.6) is 0 Å². The summed E-state index contributed by atoms with van der Waals surface area (Å²) >= 11 is 1.56. The fourth-order valence-electron chi connectivity index (χ4n) is 1.28. The number of hydrogen-bond acceptors (Lipinski definition) is 3. The molecule has 0 aliphatic rings. The Hall–Kier alpha value is -1.15. The Morgan fingerprint density at radius 3 is 2.59 bits per heavy atom. The molecule has 0 saturated heterocycles. The lowest BCUT2D eigenvalue weighted by molar-refractivity contribution is 1.03. The van der Waals surface area contributed by atoms with Crippen molar-refractivity contribution in [1.82, 2.24) is 4.98 Å². The second-order valence-electron chi connectivity index (χ2n) is 3.23. The smallest absolute Gasteiger partial charge is 0.186 e. The standard InChI is InChI=1S/C11H12N4S.HI/c12-11(13)14-6-10-15-9(7-16-10)8-4-2-1-3-5-8;/h1-5,7H,6H2,(H4,12,13,14);1H. The summed E-state index contributed by atoms with van der Waals surface area (Å²) < 4.78 is 0. The van der Waals surface area contributed by atoms with Gasteiger partial charge in [0.25, 0.3) is 0 Å². The van der Waals surface area contributed by atoms with Crippen LogP contribution in [0.1, 0.15) is 5.01 Å². The van der Waals surface area contributed by atoms with Gasteiger partial charge >= 0.3 is 0 Å². The van der Waals surface area contributed by atoms with E-state index in [0.717, 1.165) is 16.3 Å². The minimum absolute atomic E-state index is 0. The highest BCUT2D eigenvalue weighted by molar-refractivity contribution is 14.0. The zero-order valence-electron chi connectivity index (χ0n) is 9.04. The van der Waals surface area contributed by atoms with Crippen LogP contribution in [0.2, 0.25) is 0 Å². The predicted molar refractivity (Wildman–Crippen MR) is 82.5 cm³/mol. The monoisotopic (exact) mass is 360 g/mol. The maximum atomic E-state index is 5.26. The molecular formula is C11H13IN4S. The largest absolute Gasteiger partial charge is 0.370 e. The Bertz CT molecular complexity index is 491. The second-order valence-corrected chi connectivity index (χ2v) is 4.18. The summed E-state index contributed by atoms with van der Waals surface area (Å²) in [6.07, 6.45) is 0. The van der Waals surface area contributed by atoms with Crippen LogP contribution >= 0.6 is 35.3 Å². The van der Waals surface area contributed by atoms with E-state index in [1.165, 1.54) is 0 Å². The lowest BCUT2D eigenvalue weighted by Gasteiger charge is -1.94. The molecule has 6 heteroatoms. The van der Waals surface area contributed by atoms with Crippen LogP contribution in [0, 0.1) is 0 Å². The Kier molecular flexibility index (Phi) is 5.36. The van der Waals surface area contributed by atoms with Crippen molar-refractivity contribution < 1.29 is 0 Å². The summed E-state index contributed by atoms with van der Waals surface area (Å²) in [5, 5.41) is 2.92. The third kappa shape index (κ3) is 3.97. The maximum Gasteiger partial charge on any atom is 0.186 e. The summed E-state index contributed by atoms with van der Waals surface area (Å²) in [4.78, 5) is 8.37. The first-order chi connectivity index (χ1) is 7.75. The van der Waals surface area contributed by atoms with Crippen LogP contribution in [0.4, 0.5) is 0 Å². The average molecular weight is 360 g/mol. The molecule has 0 aliphatic heterocycles. The lowest BCUT2D eigenvalue weighted by atomic mass is 10.2. The molecule has 4 nitrogen and oxygen atoms in total. The van der Waals surface area contributed by atoms with Crippen molar-refractivity contribution in [2.45, 2.75) is 6.54 Å². The average Bonchev–Trinajstić information content (AvgIpc) is 2.76.